The molecule has 0 spiro atoms. The number of nitrogens with one attached hydrogen (secondary N) is 8. The molecule has 17 N–H and O–H groups in total. The number of amides is 5. The number of benzene rings is 3. The molecule has 6 unspecified atom stereocenters. The number of phenols is 3. The number of carbonyl (C=O) groups is 9. The topological polar surface area (TPSA) is 418 Å². The van der Waals surface area contributed by atoms with Crippen molar-refractivity contribution >= 4 is 88.7 Å². The van der Waals surface area contributed by atoms with E-state index in [0.717, 1.165) is 35.3 Å². The predicted molar refractivity (Wildman–Crippen MR) is 276 cm³/mol. The SMILES string of the molecule is CC1(C)SC(C(NC(=O)[C@H](NC(=O)C(NC(=O)[C@H](NC(=O)C(NC(=O)[C@H](N)c2ccc(O)cc2)C2N[C@@H](C(=O)O)C(C)(C)S2)c2ccc(O)cc2)C2N[C@@H](C(=O)O)C(C)(C)S2)c2ccc(O)cc2)C(=O)O)N[C@H]1C(=O)O. The van der Waals surface area contributed by atoms with Crippen molar-refractivity contribution in [2.45, 2.75) is 126 Å². The molecule has 0 bridgehead atoms. The van der Waals surface area contributed by atoms with E-state index in [4.69, 9.17) is 5.73 Å². The minimum absolute atomic E-state index is 0.0204. The Morgan fingerprint density at radius 3 is 1.00 bits per heavy atom. The fourth-order valence-corrected chi connectivity index (χ4v) is 13.2. The first kappa shape index (κ1) is 58.4. The van der Waals surface area contributed by atoms with Crippen LogP contribution in [0.4, 0.5) is 0 Å². The zero-order valence-corrected chi connectivity index (χ0v) is 43.9. The van der Waals surface area contributed by atoms with Crippen LogP contribution in [0.1, 0.15) is 76.4 Å². The minimum atomic E-state index is -1.87. The van der Waals surface area contributed by atoms with E-state index in [-0.39, 0.29) is 33.9 Å². The summed E-state index contributed by atoms with van der Waals surface area (Å²) in [6.45, 7) is 9.42. The third-order valence-electron chi connectivity index (χ3n) is 12.8. The second kappa shape index (κ2) is 23.2. The molecule has 3 saturated heterocycles. The number of carboxylic acids is 4. The Hall–Kier alpha value is -6.82. The molecule has 410 valence electrons. The normalized spacial score (nSPS) is 24.5. The molecule has 0 saturated carbocycles. The summed E-state index contributed by atoms with van der Waals surface area (Å²) >= 11 is 2.84. The number of rotatable bonds is 20. The zero-order chi connectivity index (χ0) is 56.4. The van der Waals surface area contributed by atoms with Gasteiger partial charge in [0.2, 0.25) is 29.5 Å². The maximum atomic E-state index is 15.0. The van der Waals surface area contributed by atoms with Crippen LogP contribution in [0.2, 0.25) is 0 Å². The van der Waals surface area contributed by atoms with Crippen LogP contribution in [0.15, 0.2) is 72.8 Å². The van der Waals surface area contributed by atoms with Crippen LogP contribution < -0.4 is 48.3 Å². The number of nitrogens with two attached hydrogens (primary N) is 1. The molecular formula is C48H59N9O16S3. The molecule has 0 aromatic heterocycles. The number of phenolic OH excluding ortho intramolecular Hbond substituents is 3. The number of aliphatic carboxylic acids is 4. The minimum Gasteiger partial charge on any atom is -0.508 e. The lowest BCUT2D eigenvalue weighted by Gasteiger charge is -2.31. The average molecular weight is 1110 g/mol. The van der Waals surface area contributed by atoms with Gasteiger partial charge in [-0.1, -0.05) is 36.4 Å². The zero-order valence-electron chi connectivity index (χ0n) is 41.5. The van der Waals surface area contributed by atoms with Gasteiger partial charge in [-0.05, 0) is 94.6 Å². The molecule has 0 radical (unpaired) electrons. The summed E-state index contributed by atoms with van der Waals surface area (Å²) in [6, 6.07) is 0.671. The maximum absolute atomic E-state index is 15.0. The lowest BCUT2D eigenvalue weighted by Crippen LogP contribution is -2.61. The van der Waals surface area contributed by atoms with Crippen molar-refractivity contribution in [3.8, 4) is 17.2 Å². The van der Waals surface area contributed by atoms with Gasteiger partial charge in [-0.25, -0.2) is 4.79 Å². The van der Waals surface area contributed by atoms with E-state index in [0.29, 0.717) is 0 Å². The Kier molecular flexibility index (Phi) is 17.8. The van der Waals surface area contributed by atoms with Crippen molar-refractivity contribution in [3.05, 3.63) is 89.5 Å². The fourth-order valence-electron chi connectivity index (χ4n) is 8.75. The van der Waals surface area contributed by atoms with Crippen LogP contribution in [0.3, 0.4) is 0 Å². The molecule has 3 aromatic carbocycles. The van der Waals surface area contributed by atoms with Gasteiger partial charge in [0.05, 0.1) is 16.1 Å². The third-order valence-corrected chi connectivity index (χ3v) is 17.3. The van der Waals surface area contributed by atoms with Gasteiger partial charge in [-0.3, -0.25) is 54.3 Å². The monoisotopic (exact) mass is 1110 g/mol. The smallest absolute Gasteiger partial charge is 0.328 e. The van der Waals surface area contributed by atoms with Gasteiger partial charge in [0.15, 0.2) is 6.04 Å². The Morgan fingerprint density at radius 2 is 0.711 bits per heavy atom. The van der Waals surface area contributed by atoms with Gasteiger partial charge < -0.3 is 68.1 Å². The molecule has 3 fully saturated rings. The van der Waals surface area contributed by atoms with Crippen molar-refractivity contribution in [2.24, 2.45) is 5.73 Å². The quantitative estimate of drug-likeness (QED) is 0.0693. The largest absolute Gasteiger partial charge is 0.508 e. The van der Waals surface area contributed by atoms with Gasteiger partial charge in [-0.15, -0.1) is 35.3 Å². The van der Waals surface area contributed by atoms with Gasteiger partial charge in [0.25, 0.3) is 0 Å². The van der Waals surface area contributed by atoms with Gasteiger partial charge in [0.1, 0.15) is 65.6 Å². The molecule has 3 aliphatic heterocycles. The Balaban J connectivity index is 1.37. The van der Waals surface area contributed by atoms with E-state index in [2.05, 4.69) is 42.5 Å². The first-order valence-electron chi connectivity index (χ1n) is 23.3. The van der Waals surface area contributed by atoms with E-state index in [1.807, 2.05) is 0 Å². The molecule has 0 aliphatic carbocycles. The molecule has 3 aromatic rings. The second-order valence-electron chi connectivity index (χ2n) is 19.7. The van der Waals surface area contributed by atoms with Crippen molar-refractivity contribution in [2.75, 3.05) is 0 Å². The molecule has 3 aliphatic rings. The maximum Gasteiger partial charge on any atom is 0.328 e. The van der Waals surface area contributed by atoms with E-state index in [1.165, 1.54) is 72.8 Å². The first-order valence-corrected chi connectivity index (χ1v) is 25.9. The van der Waals surface area contributed by atoms with Crippen molar-refractivity contribution in [1.29, 1.82) is 0 Å². The van der Waals surface area contributed by atoms with Crippen LogP contribution in [0, 0.1) is 0 Å². The summed E-state index contributed by atoms with van der Waals surface area (Å²) in [7, 11) is 0. The number of hydrogen-bond donors (Lipinski definition) is 16. The first-order chi connectivity index (χ1) is 35.4. The average Bonchev–Trinajstić information content (AvgIpc) is 3.97. The fraction of sp³-hybridized carbons (Fsp3) is 0.438. The number of hydrogen-bond acceptors (Lipinski definition) is 19. The van der Waals surface area contributed by atoms with E-state index in [9.17, 15) is 78.9 Å². The molecule has 12 atom stereocenters. The van der Waals surface area contributed by atoms with Crippen molar-refractivity contribution in [1.82, 2.24) is 42.5 Å². The highest BCUT2D eigenvalue weighted by Gasteiger charge is 2.53. The van der Waals surface area contributed by atoms with E-state index in [1.54, 1.807) is 41.5 Å². The standard InChI is InChI=1S/C48H59N9O16S3/c1-46(2)31(43(68)69)55-39(74-46)28(52-34(61)25(49)19-7-13-22(58)14-8-19)37(64)50-26(20-9-15-23(59)16-10-20)35(62)53-29(40-56-32(44(70)71)47(3,4)75-40)38(65)51-27(21-11-17-24(60)18-12-21)36(63)54-30(42(66)67)41-57-33(45(72)73)48(5,6)76-41/h7-18,25-33,39-41,55-60H,49H2,1-6H3,(H,50,64)(H,51,65)(H,52,61)(H,53,62)(H,54,63)(H,66,67)(H,68,69)(H,70,71)(H,72,73)/t25-,26-,27-,28?,29?,30?,31+,32+,33+,39?,40?,41?/m1/s1. The summed E-state index contributed by atoms with van der Waals surface area (Å²) in [5.74, 6) is -11.6. The molecule has 5 amide bonds. The molecule has 3 heterocycles. The lowest BCUT2D eigenvalue weighted by molar-refractivity contribution is -0.143. The van der Waals surface area contributed by atoms with Crippen LogP contribution in [-0.4, -0.2) is 156 Å². The van der Waals surface area contributed by atoms with Crippen molar-refractivity contribution < 1.29 is 78.9 Å². The summed E-state index contributed by atoms with van der Waals surface area (Å²) in [5.41, 5.74) is 6.47. The highest BCUT2D eigenvalue weighted by Crippen LogP contribution is 2.42. The molecule has 25 nitrogen and oxygen atoms in total. The van der Waals surface area contributed by atoms with Gasteiger partial charge in [0, 0.05) is 14.2 Å². The number of carboxylic acid groups (broad SMARTS) is 4. The highest BCUT2D eigenvalue weighted by atomic mass is 32.2. The summed E-state index contributed by atoms with van der Waals surface area (Å²) in [6.07, 6.45) is 0. The third kappa shape index (κ3) is 13.4. The van der Waals surface area contributed by atoms with E-state index >= 15 is 0 Å². The molecule has 6 rings (SSSR count). The Morgan fingerprint density at radius 1 is 0.434 bits per heavy atom. The molecule has 28 heteroatoms. The van der Waals surface area contributed by atoms with Gasteiger partial charge in [-0.2, -0.15) is 0 Å². The summed E-state index contributed by atoms with van der Waals surface area (Å²) < 4.78 is -3.32. The predicted octanol–water partition coefficient (Wildman–Crippen LogP) is -0.260. The number of aromatic hydroxyl groups is 3. The van der Waals surface area contributed by atoms with Crippen LogP contribution in [0.5, 0.6) is 17.2 Å². The van der Waals surface area contributed by atoms with Crippen LogP contribution >= 0.6 is 35.3 Å². The highest BCUT2D eigenvalue weighted by molar-refractivity contribution is 8.02. The summed E-state index contributed by atoms with van der Waals surface area (Å²) in [4.78, 5) is 123. The van der Waals surface area contributed by atoms with Crippen molar-refractivity contribution in [3.63, 3.8) is 0 Å². The molecular weight excluding hydrogens is 1050 g/mol. The van der Waals surface area contributed by atoms with Gasteiger partial charge >= 0.3 is 23.9 Å². The number of thioether (sulfide) groups is 3. The number of carbonyl (C=O) groups excluding carboxylic acids is 5. The Bertz CT molecular complexity index is 2730. The lowest BCUT2D eigenvalue weighted by atomic mass is 10.0. The van der Waals surface area contributed by atoms with Crippen LogP contribution in [-0.2, 0) is 43.2 Å². The molecule has 76 heavy (non-hydrogen) atoms. The Labute approximate surface area is 447 Å². The van der Waals surface area contributed by atoms with E-state index < -0.39 is 138 Å². The summed E-state index contributed by atoms with van der Waals surface area (Å²) in [5, 5.41) is 88.0. The second-order valence-corrected chi connectivity index (χ2v) is 25.1. The van der Waals surface area contributed by atoms with Crippen LogP contribution in [0.25, 0.3) is 0 Å².